The lowest BCUT2D eigenvalue weighted by Gasteiger charge is -2.25. The molecular formula is C23H28N6OS. The number of aromatic nitrogens is 3. The fraction of sp³-hybridized carbons (Fsp3) is 0.348. The quantitative estimate of drug-likeness (QED) is 0.437. The molecule has 0 fully saturated rings. The number of aryl methyl sites for hydroxylation is 1. The van der Waals surface area contributed by atoms with Crippen molar-refractivity contribution in [1.82, 2.24) is 25.4 Å². The maximum Gasteiger partial charge on any atom is 0.191 e. The van der Waals surface area contributed by atoms with Crippen molar-refractivity contribution in [2.24, 2.45) is 4.99 Å². The standard InChI is InChI=1S/C23H28N6OS/c1-24-23(26-18-10-13-22-27-21(16-30-2)28-29(22)15-18)25-14-17-8-11-20(12-9-17)31-19-6-4-3-5-7-19/h3-9,11-12,18H,10,13-16H2,1-2H3,(H2,24,25,26). The largest absolute Gasteiger partial charge is 0.377 e. The number of benzene rings is 2. The maximum atomic E-state index is 5.14. The molecule has 4 rings (SSSR count). The van der Waals surface area contributed by atoms with Gasteiger partial charge in [0.05, 0.1) is 6.54 Å². The van der Waals surface area contributed by atoms with Crippen LogP contribution in [0.25, 0.3) is 0 Å². The Bertz CT molecular complexity index is 1000. The lowest BCUT2D eigenvalue weighted by atomic mass is 10.1. The second-order valence-electron chi connectivity index (χ2n) is 7.42. The van der Waals surface area contributed by atoms with E-state index < -0.39 is 0 Å². The molecule has 2 heterocycles. The molecule has 8 heteroatoms. The summed E-state index contributed by atoms with van der Waals surface area (Å²) >= 11 is 1.77. The van der Waals surface area contributed by atoms with Gasteiger partial charge in [0.2, 0.25) is 0 Å². The van der Waals surface area contributed by atoms with Crippen molar-refractivity contribution < 1.29 is 4.74 Å². The smallest absolute Gasteiger partial charge is 0.191 e. The zero-order valence-corrected chi connectivity index (χ0v) is 18.7. The van der Waals surface area contributed by atoms with Gasteiger partial charge in [-0.3, -0.25) is 4.99 Å². The van der Waals surface area contributed by atoms with Crippen LogP contribution in [0.5, 0.6) is 0 Å². The third kappa shape index (κ3) is 5.86. The van der Waals surface area contributed by atoms with E-state index >= 15 is 0 Å². The summed E-state index contributed by atoms with van der Waals surface area (Å²) in [6, 6.07) is 19.3. The Morgan fingerprint density at radius 1 is 1.16 bits per heavy atom. The third-order valence-corrected chi connectivity index (χ3v) is 6.12. The summed E-state index contributed by atoms with van der Waals surface area (Å²) in [5.74, 6) is 2.57. The Morgan fingerprint density at radius 2 is 1.94 bits per heavy atom. The zero-order chi connectivity index (χ0) is 21.5. The minimum atomic E-state index is 0.264. The van der Waals surface area contributed by atoms with Crippen LogP contribution in [0, 0.1) is 0 Å². The number of guanidine groups is 1. The third-order valence-electron chi connectivity index (χ3n) is 5.10. The van der Waals surface area contributed by atoms with Crippen LogP contribution in [0.3, 0.4) is 0 Å². The van der Waals surface area contributed by atoms with Gasteiger partial charge in [-0.2, -0.15) is 5.10 Å². The summed E-state index contributed by atoms with van der Waals surface area (Å²) in [5.41, 5.74) is 1.21. The summed E-state index contributed by atoms with van der Waals surface area (Å²) < 4.78 is 7.12. The lowest BCUT2D eigenvalue weighted by molar-refractivity contribution is 0.177. The van der Waals surface area contributed by atoms with E-state index in [1.54, 1.807) is 25.9 Å². The van der Waals surface area contributed by atoms with E-state index in [9.17, 15) is 0 Å². The first kappa shape index (κ1) is 21.4. The molecule has 0 aliphatic carbocycles. The fourth-order valence-corrected chi connectivity index (χ4v) is 4.38. The molecule has 0 amide bonds. The van der Waals surface area contributed by atoms with Crippen LogP contribution in [0.1, 0.15) is 23.6 Å². The Hall–Kier alpha value is -2.84. The van der Waals surface area contributed by atoms with Crippen LogP contribution in [0.15, 0.2) is 69.4 Å². The molecule has 0 saturated carbocycles. The van der Waals surface area contributed by atoms with Gasteiger partial charge in [-0.05, 0) is 36.2 Å². The number of ether oxygens (including phenoxy) is 1. The number of rotatable bonds is 7. The molecule has 2 N–H and O–H groups in total. The van der Waals surface area contributed by atoms with Gasteiger partial charge in [0.1, 0.15) is 12.4 Å². The van der Waals surface area contributed by atoms with Gasteiger partial charge in [-0.15, -0.1) is 0 Å². The molecule has 0 bridgehead atoms. The number of hydrogen-bond donors (Lipinski definition) is 2. The van der Waals surface area contributed by atoms with Crippen LogP contribution in [-0.4, -0.2) is 40.9 Å². The number of nitrogens with one attached hydrogen (secondary N) is 2. The van der Waals surface area contributed by atoms with E-state index in [0.717, 1.165) is 43.5 Å². The molecule has 7 nitrogen and oxygen atoms in total. The lowest BCUT2D eigenvalue weighted by Crippen LogP contribution is -2.46. The molecule has 0 radical (unpaired) electrons. The molecule has 1 aliphatic rings. The molecule has 0 spiro atoms. The molecule has 1 atom stereocenters. The Balaban J connectivity index is 1.27. The van der Waals surface area contributed by atoms with Crippen LogP contribution in [0.2, 0.25) is 0 Å². The molecule has 2 aromatic carbocycles. The van der Waals surface area contributed by atoms with Crippen LogP contribution in [-0.2, 0) is 30.9 Å². The van der Waals surface area contributed by atoms with Gasteiger partial charge in [-0.25, -0.2) is 9.67 Å². The molecule has 3 aromatic rings. The summed E-state index contributed by atoms with van der Waals surface area (Å²) in [5, 5.41) is 11.5. The van der Waals surface area contributed by atoms with Crippen molar-refractivity contribution in [3.05, 3.63) is 71.8 Å². The van der Waals surface area contributed by atoms with Gasteiger partial charge in [-0.1, -0.05) is 42.1 Å². The maximum absolute atomic E-state index is 5.14. The number of nitrogens with zero attached hydrogens (tertiary/aromatic N) is 4. The van der Waals surface area contributed by atoms with Gasteiger partial charge in [0, 0.05) is 43.0 Å². The van der Waals surface area contributed by atoms with Crippen molar-refractivity contribution in [1.29, 1.82) is 0 Å². The van der Waals surface area contributed by atoms with Gasteiger partial charge < -0.3 is 15.4 Å². The molecule has 1 aliphatic heterocycles. The van der Waals surface area contributed by atoms with Crippen molar-refractivity contribution in [3.8, 4) is 0 Å². The predicted octanol–water partition coefficient (Wildman–Crippen LogP) is 3.26. The highest BCUT2D eigenvalue weighted by Gasteiger charge is 2.22. The Kier molecular flexibility index (Phi) is 7.22. The van der Waals surface area contributed by atoms with Crippen LogP contribution >= 0.6 is 11.8 Å². The average Bonchev–Trinajstić information content (AvgIpc) is 3.20. The highest BCUT2D eigenvalue weighted by atomic mass is 32.2. The molecule has 0 saturated heterocycles. The predicted molar refractivity (Wildman–Crippen MR) is 123 cm³/mol. The minimum Gasteiger partial charge on any atom is -0.377 e. The molecule has 1 unspecified atom stereocenters. The fourth-order valence-electron chi connectivity index (χ4n) is 3.54. The van der Waals surface area contributed by atoms with E-state index in [1.807, 2.05) is 10.7 Å². The van der Waals surface area contributed by atoms with E-state index in [4.69, 9.17) is 4.74 Å². The van der Waals surface area contributed by atoms with Crippen molar-refractivity contribution in [3.63, 3.8) is 0 Å². The summed E-state index contributed by atoms with van der Waals surface area (Å²) in [7, 11) is 3.46. The highest BCUT2D eigenvalue weighted by molar-refractivity contribution is 7.99. The number of methoxy groups -OCH3 is 1. The summed E-state index contributed by atoms with van der Waals surface area (Å²) in [6.07, 6.45) is 1.89. The normalized spacial score (nSPS) is 16.1. The van der Waals surface area contributed by atoms with E-state index in [0.29, 0.717) is 6.61 Å². The summed E-state index contributed by atoms with van der Waals surface area (Å²) in [4.78, 5) is 11.4. The van der Waals surface area contributed by atoms with E-state index in [2.05, 4.69) is 74.2 Å². The topological polar surface area (TPSA) is 76.4 Å². The first-order valence-corrected chi connectivity index (χ1v) is 11.3. The van der Waals surface area contributed by atoms with E-state index in [-0.39, 0.29) is 6.04 Å². The SMILES string of the molecule is CN=C(NCc1ccc(Sc2ccccc2)cc1)NC1CCc2nc(COC)nn2C1. The monoisotopic (exact) mass is 436 g/mol. The molecule has 1 aromatic heterocycles. The van der Waals surface area contributed by atoms with E-state index in [1.165, 1.54) is 15.4 Å². The molecule has 31 heavy (non-hydrogen) atoms. The van der Waals surface area contributed by atoms with Gasteiger partial charge in [0.15, 0.2) is 11.8 Å². The Morgan fingerprint density at radius 3 is 2.68 bits per heavy atom. The zero-order valence-electron chi connectivity index (χ0n) is 17.9. The van der Waals surface area contributed by atoms with Gasteiger partial charge >= 0.3 is 0 Å². The van der Waals surface area contributed by atoms with Crippen molar-refractivity contribution >= 4 is 17.7 Å². The first-order chi connectivity index (χ1) is 15.2. The molecule has 162 valence electrons. The second kappa shape index (κ2) is 10.5. The summed E-state index contributed by atoms with van der Waals surface area (Å²) in [6.45, 7) is 1.94. The van der Waals surface area contributed by atoms with Gasteiger partial charge in [0.25, 0.3) is 0 Å². The highest BCUT2D eigenvalue weighted by Crippen LogP contribution is 2.27. The van der Waals surface area contributed by atoms with Crippen molar-refractivity contribution in [2.75, 3.05) is 14.2 Å². The second-order valence-corrected chi connectivity index (χ2v) is 8.57. The Labute approximate surface area is 187 Å². The van der Waals surface area contributed by atoms with Crippen molar-refractivity contribution in [2.45, 2.75) is 48.4 Å². The van der Waals surface area contributed by atoms with Crippen LogP contribution in [0.4, 0.5) is 0 Å². The average molecular weight is 437 g/mol. The first-order valence-electron chi connectivity index (χ1n) is 10.4. The molecular weight excluding hydrogens is 408 g/mol. The van der Waals surface area contributed by atoms with Crippen LogP contribution < -0.4 is 10.6 Å². The number of hydrogen-bond acceptors (Lipinski definition) is 5. The number of aliphatic imine (C=N–C) groups is 1. The number of fused-ring (bicyclic) bond motifs is 1. The minimum absolute atomic E-state index is 0.264.